The summed E-state index contributed by atoms with van der Waals surface area (Å²) in [5.41, 5.74) is 2.14. The molecule has 0 unspecified atom stereocenters. The summed E-state index contributed by atoms with van der Waals surface area (Å²) in [6.07, 6.45) is 1.51. The fraction of sp³-hybridized carbons (Fsp3) is 0.316. The summed E-state index contributed by atoms with van der Waals surface area (Å²) < 4.78 is 1.07. The largest absolute Gasteiger partial charge is 0.326 e. The molecule has 0 fully saturated rings. The minimum absolute atomic E-state index is 0.0515. The third-order valence-corrected chi connectivity index (χ3v) is 5.54. The van der Waals surface area contributed by atoms with Crippen LogP contribution in [0.5, 0.6) is 0 Å². The molecule has 2 aromatic carbocycles. The molecule has 0 bridgehead atoms. The van der Waals surface area contributed by atoms with Crippen LogP contribution in [0.25, 0.3) is 0 Å². The Bertz CT molecular complexity index is 659. The van der Waals surface area contributed by atoms with E-state index < -0.39 is 0 Å². The molecule has 128 valence electrons. The fourth-order valence-corrected chi connectivity index (χ4v) is 3.66. The molecule has 0 aromatic heterocycles. The number of rotatable bonds is 8. The Morgan fingerprint density at radius 3 is 2.50 bits per heavy atom. The Kier molecular flexibility index (Phi) is 7.82. The lowest BCUT2D eigenvalue weighted by Crippen LogP contribution is -2.15. The molecule has 1 amide bonds. The van der Waals surface area contributed by atoms with Crippen LogP contribution in [0.15, 0.2) is 57.9 Å². The number of anilines is 1. The quantitative estimate of drug-likeness (QED) is 0.646. The number of nitrogens with zero attached hydrogens (tertiary/aromatic N) is 1. The fourth-order valence-electron chi connectivity index (χ4n) is 2.15. The second-order valence-electron chi connectivity index (χ2n) is 5.83. The molecule has 3 nitrogen and oxygen atoms in total. The zero-order valence-corrected chi connectivity index (χ0v) is 16.5. The topological polar surface area (TPSA) is 32.3 Å². The zero-order valence-electron chi connectivity index (χ0n) is 14.1. The van der Waals surface area contributed by atoms with E-state index in [1.807, 2.05) is 30.3 Å². The Morgan fingerprint density at radius 1 is 1.12 bits per heavy atom. The van der Waals surface area contributed by atoms with E-state index in [9.17, 15) is 4.79 Å². The zero-order chi connectivity index (χ0) is 17.4. The smallest absolute Gasteiger partial charge is 0.225 e. The highest BCUT2D eigenvalue weighted by molar-refractivity contribution is 9.10. The van der Waals surface area contributed by atoms with Crippen LogP contribution in [0.2, 0.25) is 0 Å². The minimum Gasteiger partial charge on any atom is -0.326 e. The first-order valence-electron chi connectivity index (χ1n) is 7.95. The summed E-state index contributed by atoms with van der Waals surface area (Å²) in [5, 5.41) is 2.96. The van der Waals surface area contributed by atoms with Gasteiger partial charge in [-0.2, -0.15) is 0 Å². The van der Waals surface area contributed by atoms with Gasteiger partial charge in [-0.15, -0.1) is 11.8 Å². The molecule has 0 saturated heterocycles. The first-order chi connectivity index (χ1) is 11.5. The number of carbonyl (C=O) groups is 1. The highest BCUT2D eigenvalue weighted by Crippen LogP contribution is 2.27. The van der Waals surface area contributed by atoms with Gasteiger partial charge in [0.25, 0.3) is 0 Å². The number of halogens is 1. The summed E-state index contributed by atoms with van der Waals surface area (Å²) in [6, 6.07) is 16.2. The molecule has 0 radical (unpaired) electrons. The van der Waals surface area contributed by atoms with Crippen molar-refractivity contribution in [3.05, 3.63) is 58.6 Å². The summed E-state index contributed by atoms with van der Waals surface area (Å²) in [6.45, 7) is 1.03. The molecule has 0 atom stereocenters. The Morgan fingerprint density at radius 2 is 1.83 bits per heavy atom. The number of hydrogen-bond acceptors (Lipinski definition) is 3. The maximum atomic E-state index is 12.0. The van der Waals surface area contributed by atoms with Crippen molar-refractivity contribution in [2.45, 2.75) is 17.7 Å². The average molecular weight is 407 g/mol. The van der Waals surface area contributed by atoms with Crippen molar-refractivity contribution in [3.63, 3.8) is 0 Å². The number of carbonyl (C=O) groups excluding carboxylic acids is 1. The monoisotopic (exact) mass is 406 g/mol. The van der Waals surface area contributed by atoms with Crippen molar-refractivity contribution in [1.82, 2.24) is 4.90 Å². The summed E-state index contributed by atoms with van der Waals surface area (Å²) in [5.74, 6) is 0.811. The van der Waals surface area contributed by atoms with Crippen molar-refractivity contribution in [3.8, 4) is 0 Å². The predicted molar refractivity (Wildman–Crippen MR) is 107 cm³/mol. The van der Waals surface area contributed by atoms with Gasteiger partial charge in [0, 0.05) is 33.8 Å². The van der Waals surface area contributed by atoms with Gasteiger partial charge in [-0.05, 0) is 66.3 Å². The van der Waals surface area contributed by atoms with Crippen molar-refractivity contribution >= 4 is 39.3 Å². The molecule has 24 heavy (non-hydrogen) atoms. The summed E-state index contributed by atoms with van der Waals surface area (Å²) in [7, 11) is 4.14. The number of thioether (sulfide) groups is 1. The lowest BCUT2D eigenvalue weighted by Gasteiger charge is -2.10. The van der Waals surface area contributed by atoms with Crippen LogP contribution in [0, 0.1) is 0 Å². The first kappa shape index (κ1) is 19.0. The van der Waals surface area contributed by atoms with E-state index in [1.54, 1.807) is 11.8 Å². The molecule has 0 heterocycles. The van der Waals surface area contributed by atoms with Crippen LogP contribution in [-0.2, 0) is 11.2 Å². The lowest BCUT2D eigenvalue weighted by atomic mass is 10.1. The average Bonchev–Trinajstić information content (AvgIpc) is 2.56. The van der Waals surface area contributed by atoms with E-state index in [1.165, 1.54) is 5.56 Å². The highest BCUT2D eigenvalue weighted by atomic mass is 79.9. The first-order valence-corrected chi connectivity index (χ1v) is 9.73. The van der Waals surface area contributed by atoms with Crippen LogP contribution < -0.4 is 5.32 Å². The van der Waals surface area contributed by atoms with Gasteiger partial charge in [0.15, 0.2) is 0 Å². The maximum absolute atomic E-state index is 12.0. The minimum atomic E-state index is 0.0515. The highest BCUT2D eigenvalue weighted by Gasteiger charge is 2.05. The van der Waals surface area contributed by atoms with E-state index in [4.69, 9.17) is 0 Å². The van der Waals surface area contributed by atoms with Gasteiger partial charge in [-0.1, -0.05) is 24.3 Å². The molecule has 5 heteroatoms. The van der Waals surface area contributed by atoms with Gasteiger partial charge in [-0.25, -0.2) is 0 Å². The number of amides is 1. The molecule has 1 N–H and O–H groups in total. The Hall–Kier alpha value is -1.30. The summed E-state index contributed by atoms with van der Waals surface area (Å²) in [4.78, 5) is 15.4. The third-order valence-electron chi connectivity index (χ3n) is 3.51. The van der Waals surface area contributed by atoms with E-state index in [0.29, 0.717) is 6.42 Å². The normalized spacial score (nSPS) is 10.8. The number of benzene rings is 2. The standard InChI is InChI=1S/C19H23BrN2OS/c1-22(2)13-11-15-7-9-16(10-8-15)21-19(23)12-14-24-18-6-4-3-5-17(18)20/h3-10H,11-14H2,1-2H3,(H,21,23). The van der Waals surface area contributed by atoms with Crippen molar-refractivity contribution < 1.29 is 4.79 Å². The molecule has 0 aliphatic carbocycles. The van der Waals surface area contributed by atoms with Crippen LogP contribution in [0.1, 0.15) is 12.0 Å². The van der Waals surface area contributed by atoms with Gasteiger partial charge in [-0.3, -0.25) is 4.79 Å². The maximum Gasteiger partial charge on any atom is 0.225 e. The molecule has 0 spiro atoms. The molecular weight excluding hydrogens is 384 g/mol. The van der Waals surface area contributed by atoms with E-state index in [2.05, 4.69) is 58.4 Å². The van der Waals surface area contributed by atoms with Crippen molar-refractivity contribution in [1.29, 1.82) is 0 Å². The van der Waals surface area contributed by atoms with Crippen LogP contribution in [0.3, 0.4) is 0 Å². The number of likely N-dealkylation sites (N-methyl/N-ethyl adjacent to an activating group) is 1. The lowest BCUT2D eigenvalue weighted by molar-refractivity contribution is -0.115. The van der Waals surface area contributed by atoms with Crippen molar-refractivity contribution in [2.75, 3.05) is 31.7 Å². The number of hydrogen-bond donors (Lipinski definition) is 1. The van der Waals surface area contributed by atoms with Gasteiger partial charge in [0.1, 0.15) is 0 Å². The predicted octanol–water partition coefficient (Wildman–Crippen LogP) is 4.67. The second-order valence-corrected chi connectivity index (χ2v) is 7.82. The molecule has 0 saturated carbocycles. The second kappa shape index (κ2) is 9.87. The van der Waals surface area contributed by atoms with Crippen LogP contribution in [-0.4, -0.2) is 37.2 Å². The SMILES string of the molecule is CN(C)CCc1ccc(NC(=O)CCSc2ccccc2Br)cc1. The summed E-state index contributed by atoms with van der Waals surface area (Å²) >= 11 is 5.21. The number of nitrogens with one attached hydrogen (secondary N) is 1. The molecule has 0 aliphatic heterocycles. The molecule has 2 aromatic rings. The Balaban J connectivity index is 1.75. The molecule has 0 aliphatic rings. The van der Waals surface area contributed by atoms with Gasteiger partial charge in [0.2, 0.25) is 5.91 Å². The molecule has 2 rings (SSSR count). The van der Waals surface area contributed by atoms with E-state index >= 15 is 0 Å². The van der Waals surface area contributed by atoms with E-state index in [-0.39, 0.29) is 5.91 Å². The van der Waals surface area contributed by atoms with Crippen molar-refractivity contribution in [2.24, 2.45) is 0 Å². The van der Waals surface area contributed by atoms with Crippen LogP contribution in [0.4, 0.5) is 5.69 Å². The van der Waals surface area contributed by atoms with Gasteiger partial charge in [0.05, 0.1) is 0 Å². The third kappa shape index (κ3) is 6.67. The van der Waals surface area contributed by atoms with Crippen LogP contribution >= 0.6 is 27.7 Å². The van der Waals surface area contributed by atoms with Gasteiger partial charge < -0.3 is 10.2 Å². The Labute approximate surface area is 157 Å². The van der Waals surface area contributed by atoms with Gasteiger partial charge >= 0.3 is 0 Å². The van der Waals surface area contributed by atoms with E-state index in [0.717, 1.165) is 33.8 Å². The molecular formula is C19H23BrN2OS.